The molecular weight excluding hydrogens is 384 g/mol. The number of aromatic nitrogens is 2. The van der Waals surface area contributed by atoms with Crippen LogP contribution in [0.2, 0.25) is 0 Å². The number of sulfonamides is 1. The van der Waals surface area contributed by atoms with Gasteiger partial charge in [-0.1, -0.05) is 0 Å². The molecule has 2 aromatic heterocycles. The molecule has 0 spiro atoms. The summed E-state index contributed by atoms with van der Waals surface area (Å²) < 4.78 is 25.3. The van der Waals surface area contributed by atoms with Gasteiger partial charge in [0.15, 0.2) is 0 Å². The fraction of sp³-hybridized carbons (Fsp3) is 0.167. The molecule has 9 heteroatoms. The zero-order chi connectivity index (χ0) is 19.6. The summed E-state index contributed by atoms with van der Waals surface area (Å²) in [5, 5.41) is 3.50. The second-order valence-electron chi connectivity index (χ2n) is 5.94. The number of hydrogen-bond donors (Lipinski definition) is 1. The highest BCUT2D eigenvalue weighted by Gasteiger charge is 2.19. The lowest BCUT2D eigenvalue weighted by Crippen LogP contribution is -2.22. The smallest absolute Gasteiger partial charge is 0.267 e. The van der Waals surface area contributed by atoms with Crippen molar-refractivity contribution in [1.82, 2.24) is 14.3 Å². The third kappa shape index (κ3) is 4.05. The zero-order valence-corrected chi connectivity index (χ0v) is 16.6. The first-order valence-corrected chi connectivity index (χ1v) is 10.3. The highest BCUT2D eigenvalue weighted by atomic mass is 32.2. The van der Waals surface area contributed by atoms with Gasteiger partial charge in [0.2, 0.25) is 10.0 Å². The normalized spacial score (nSPS) is 11.6. The first kappa shape index (κ1) is 19.2. The molecule has 3 rings (SSSR count). The fourth-order valence-corrected chi connectivity index (χ4v) is 4.18. The fourth-order valence-electron chi connectivity index (χ4n) is 2.33. The average Bonchev–Trinajstić information content (AvgIpc) is 3.04. The van der Waals surface area contributed by atoms with E-state index in [1.165, 1.54) is 37.6 Å². The van der Waals surface area contributed by atoms with Gasteiger partial charge in [0, 0.05) is 37.7 Å². The average molecular weight is 403 g/mol. The molecule has 0 bridgehead atoms. The number of aryl methyl sites for hydroxylation is 1. The van der Waals surface area contributed by atoms with E-state index in [2.05, 4.69) is 15.3 Å². The van der Waals surface area contributed by atoms with Gasteiger partial charge in [-0.25, -0.2) is 17.7 Å². The molecule has 2 heterocycles. The second kappa shape index (κ2) is 7.55. The van der Waals surface area contributed by atoms with Gasteiger partial charge in [-0.2, -0.15) is 0 Å². The molecule has 3 aromatic rings. The number of anilines is 1. The van der Waals surface area contributed by atoms with Crippen LogP contribution in [0.3, 0.4) is 0 Å². The summed E-state index contributed by atoms with van der Waals surface area (Å²) in [5.74, 6) is -0.289. The van der Waals surface area contributed by atoms with Gasteiger partial charge in [0.05, 0.1) is 10.6 Å². The molecule has 27 heavy (non-hydrogen) atoms. The SMILES string of the molecule is Cc1nc(-c2cccnc2)sc1C(=O)Nc1ccc(S(=O)(=O)N(C)C)cc1. The predicted molar refractivity (Wildman–Crippen MR) is 105 cm³/mol. The van der Waals surface area contributed by atoms with Crippen molar-refractivity contribution in [2.45, 2.75) is 11.8 Å². The highest BCUT2D eigenvalue weighted by Crippen LogP contribution is 2.28. The minimum atomic E-state index is -3.50. The van der Waals surface area contributed by atoms with E-state index in [9.17, 15) is 13.2 Å². The number of nitrogens with zero attached hydrogens (tertiary/aromatic N) is 3. The summed E-state index contributed by atoms with van der Waals surface area (Å²) in [6.07, 6.45) is 3.38. The Kier molecular flexibility index (Phi) is 5.36. The van der Waals surface area contributed by atoms with Gasteiger partial charge in [-0.05, 0) is 43.3 Å². The maximum absolute atomic E-state index is 12.6. The number of thiazole rings is 1. The van der Waals surface area contributed by atoms with Crippen molar-refractivity contribution >= 4 is 33.0 Å². The van der Waals surface area contributed by atoms with Crippen LogP contribution in [-0.4, -0.2) is 42.7 Å². The molecule has 0 radical (unpaired) electrons. The van der Waals surface area contributed by atoms with E-state index in [4.69, 9.17) is 0 Å². The number of rotatable bonds is 5. The molecule has 0 atom stereocenters. The van der Waals surface area contributed by atoms with Gasteiger partial charge in [-0.3, -0.25) is 9.78 Å². The summed E-state index contributed by atoms with van der Waals surface area (Å²) in [5.41, 5.74) is 1.99. The number of pyridine rings is 1. The minimum absolute atomic E-state index is 0.165. The van der Waals surface area contributed by atoms with Crippen LogP contribution in [0.4, 0.5) is 5.69 Å². The van der Waals surface area contributed by atoms with Crippen LogP contribution in [0.5, 0.6) is 0 Å². The van der Waals surface area contributed by atoms with Crippen molar-refractivity contribution in [3.05, 3.63) is 59.4 Å². The van der Waals surface area contributed by atoms with Gasteiger partial charge >= 0.3 is 0 Å². The molecule has 1 N–H and O–H groups in total. The number of carbonyl (C=O) groups excluding carboxylic acids is 1. The van der Waals surface area contributed by atoms with E-state index in [-0.39, 0.29) is 10.8 Å². The monoisotopic (exact) mass is 402 g/mol. The molecule has 7 nitrogen and oxygen atoms in total. The maximum atomic E-state index is 12.6. The van der Waals surface area contributed by atoms with Crippen molar-refractivity contribution in [3.63, 3.8) is 0 Å². The zero-order valence-electron chi connectivity index (χ0n) is 15.0. The number of benzene rings is 1. The van der Waals surface area contributed by atoms with Crippen LogP contribution in [0.15, 0.2) is 53.7 Å². The second-order valence-corrected chi connectivity index (χ2v) is 9.09. The molecular formula is C18H18N4O3S2. The molecule has 0 fully saturated rings. The molecule has 1 amide bonds. The molecule has 0 unspecified atom stereocenters. The summed E-state index contributed by atoms with van der Waals surface area (Å²) in [6, 6.07) is 9.75. The third-order valence-corrected chi connectivity index (χ3v) is 6.84. The van der Waals surface area contributed by atoms with E-state index < -0.39 is 10.0 Å². The number of amides is 1. The van der Waals surface area contributed by atoms with Crippen molar-refractivity contribution in [2.75, 3.05) is 19.4 Å². The molecule has 0 aliphatic carbocycles. The van der Waals surface area contributed by atoms with Crippen molar-refractivity contribution in [1.29, 1.82) is 0 Å². The summed E-state index contributed by atoms with van der Waals surface area (Å²) in [4.78, 5) is 21.8. The molecule has 0 saturated heterocycles. The first-order valence-electron chi connectivity index (χ1n) is 8.01. The third-order valence-electron chi connectivity index (χ3n) is 3.80. The molecule has 0 aliphatic heterocycles. The van der Waals surface area contributed by atoms with Crippen molar-refractivity contribution in [3.8, 4) is 10.6 Å². The molecule has 1 aromatic carbocycles. The standard InChI is InChI=1S/C18H18N4O3S2/c1-12-16(26-18(20-12)13-5-4-10-19-11-13)17(23)21-14-6-8-15(9-7-14)27(24,25)22(2)3/h4-11H,1-3H3,(H,21,23). The summed E-state index contributed by atoms with van der Waals surface area (Å²) in [7, 11) is -0.562. The lowest BCUT2D eigenvalue weighted by Gasteiger charge is -2.11. The Morgan fingerprint density at radius 3 is 2.44 bits per heavy atom. The van der Waals surface area contributed by atoms with E-state index >= 15 is 0 Å². The number of hydrogen-bond acceptors (Lipinski definition) is 6. The summed E-state index contributed by atoms with van der Waals surface area (Å²) >= 11 is 1.29. The van der Waals surface area contributed by atoms with E-state index in [1.807, 2.05) is 12.1 Å². The van der Waals surface area contributed by atoms with Gasteiger partial charge < -0.3 is 5.32 Å². The van der Waals surface area contributed by atoms with E-state index in [1.54, 1.807) is 31.5 Å². The van der Waals surface area contributed by atoms with Gasteiger partial charge in [-0.15, -0.1) is 11.3 Å². The largest absolute Gasteiger partial charge is 0.321 e. The van der Waals surface area contributed by atoms with Crippen LogP contribution in [-0.2, 0) is 10.0 Å². The Hall–Kier alpha value is -2.62. The maximum Gasteiger partial charge on any atom is 0.267 e. The lowest BCUT2D eigenvalue weighted by molar-refractivity contribution is 0.103. The highest BCUT2D eigenvalue weighted by molar-refractivity contribution is 7.89. The van der Waals surface area contributed by atoms with Crippen LogP contribution in [0, 0.1) is 6.92 Å². The van der Waals surface area contributed by atoms with Crippen molar-refractivity contribution < 1.29 is 13.2 Å². The molecule has 140 valence electrons. The van der Waals surface area contributed by atoms with Gasteiger partial charge in [0.1, 0.15) is 9.88 Å². The Morgan fingerprint density at radius 2 is 1.85 bits per heavy atom. The Bertz CT molecular complexity index is 1060. The van der Waals surface area contributed by atoms with Crippen LogP contribution >= 0.6 is 11.3 Å². The van der Waals surface area contributed by atoms with Crippen LogP contribution < -0.4 is 5.32 Å². The quantitative estimate of drug-likeness (QED) is 0.708. The molecule has 0 saturated carbocycles. The minimum Gasteiger partial charge on any atom is -0.321 e. The first-order chi connectivity index (χ1) is 12.8. The van der Waals surface area contributed by atoms with E-state index in [0.29, 0.717) is 16.3 Å². The summed E-state index contributed by atoms with van der Waals surface area (Å²) in [6.45, 7) is 1.78. The Balaban J connectivity index is 1.79. The lowest BCUT2D eigenvalue weighted by atomic mass is 10.3. The van der Waals surface area contributed by atoms with Crippen LogP contribution in [0.1, 0.15) is 15.4 Å². The predicted octanol–water partition coefficient (Wildman–Crippen LogP) is 3.02. The Labute approximate surface area is 161 Å². The number of carbonyl (C=O) groups is 1. The van der Waals surface area contributed by atoms with Crippen LogP contribution in [0.25, 0.3) is 10.6 Å². The van der Waals surface area contributed by atoms with Crippen molar-refractivity contribution in [2.24, 2.45) is 0 Å². The molecule has 0 aliphatic rings. The van der Waals surface area contributed by atoms with E-state index in [0.717, 1.165) is 14.9 Å². The Morgan fingerprint density at radius 1 is 1.15 bits per heavy atom. The topological polar surface area (TPSA) is 92.3 Å². The van der Waals surface area contributed by atoms with Gasteiger partial charge in [0.25, 0.3) is 5.91 Å². The number of nitrogens with one attached hydrogen (secondary N) is 1.